The van der Waals surface area contributed by atoms with Crippen LogP contribution in [0.25, 0.3) is 0 Å². The number of rotatable bonds is 4. The molecule has 15 heavy (non-hydrogen) atoms. The molecule has 5 heteroatoms. The van der Waals surface area contributed by atoms with E-state index < -0.39 is 11.5 Å². The van der Waals surface area contributed by atoms with Crippen LogP contribution in [0.1, 0.15) is 32.6 Å². The Morgan fingerprint density at radius 1 is 1.53 bits per heavy atom. The van der Waals surface area contributed by atoms with Crippen molar-refractivity contribution in [1.29, 1.82) is 0 Å². The zero-order valence-electron chi connectivity index (χ0n) is 8.90. The van der Waals surface area contributed by atoms with Crippen LogP contribution < -0.4 is 0 Å². The smallest absolute Gasteiger partial charge is 0.330 e. The molecule has 0 aromatic carbocycles. The van der Waals surface area contributed by atoms with Gasteiger partial charge >= 0.3 is 5.97 Å². The summed E-state index contributed by atoms with van der Waals surface area (Å²) in [5.41, 5.74) is -1.06. The minimum absolute atomic E-state index is 0.0635. The van der Waals surface area contributed by atoms with Gasteiger partial charge in [0.2, 0.25) is 5.91 Å². The predicted octanol–water partition coefficient (Wildman–Crippen LogP) is 1.16. The van der Waals surface area contributed by atoms with Crippen molar-refractivity contribution in [3.8, 4) is 0 Å². The van der Waals surface area contributed by atoms with E-state index in [0.29, 0.717) is 19.4 Å². The van der Waals surface area contributed by atoms with Gasteiger partial charge in [-0.05, 0) is 19.3 Å². The second kappa shape index (κ2) is 4.88. The number of likely N-dealkylation sites (tertiary alicyclic amines) is 1. The number of hydrogen-bond acceptors (Lipinski definition) is 3. The number of amides is 1. The fraction of sp³-hybridized carbons (Fsp3) is 0.800. The summed E-state index contributed by atoms with van der Waals surface area (Å²) in [5, 5.41) is 9.21. The van der Waals surface area contributed by atoms with Gasteiger partial charge < -0.3 is 10.0 Å². The quantitative estimate of drug-likeness (QED) is 0.714. The molecular weight excluding hydrogens is 214 g/mol. The lowest BCUT2D eigenvalue weighted by Gasteiger charge is -2.33. The van der Waals surface area contributed by atoms with E-state index in [1.807, 2.05) is 6.92 Å². The molecule has 0 radical (unpaired) electrons. The SMILES string of the molecule is CCCC(=O)N1CCC[C@@]1(CS)C(=O)O. The van der Waals surface area contributed by atoms with E-state index in [-0.39, 0.29) is 11.7 Å². The number of carboxylic acids is 1. The maximum atomic E-state index is 11.8. The minimum Gasteiger partial charge on any atom is -0.479 e. The molecule has 0 aliphatic carbocycles. The Morgan fingerprint density at radius 2 is 2.20 bits per heavy atom. The Morgan fingerprint density at radius 3 is 2.67 bits per heavy atom. The molecule has 86 valence electrons. The number of carbonyl (C=O) groups is 2. The third-order valence-corrected chi connectivity index (χ3v) is 3.44. The van der Waals surface area contributed by atoms with Gasteiger partial charge in [-0.1, -0.05) is 6.92 Å². The zero-order valence-corrected chi connectivity index (χ0v) is 9.80. The highest BCUT2D eigenvalue weighted by Crippen LogP contribution is 2.31. The van der Waals surface area contributed by atoms with Gasteiger partial charge in [0.15, 0.2) is 0 Å². The van der Waals surface area contributed by atoms with Gasteiger partial charge in [0.05, 0.1) is 0 Å². The Bertz CT molecular complexity index is 269. The maximum Gasteiger partial charge on any atom is 0.330 e. The maximum absolute atomic E-state index is 11.8. The van der Waals surface area contributed by atoms with Gasteiger partial charge in [-0.15, -0.1) is 0 Å². The summed E-state index contributed by atoms with van der Waals surface area (Å²) in [4.78, 5) is 24.5. The van der Waals surface area contributed by atoms with Crippen LogP contribution in [0.15, 0.2) is 0 Å². The average Bonchev–Trinajstić information content (AvgIpc) is 2.62. The summed E-state index contributed by atoms with van der Waals surface area (Å²) in [6.07, 6.45) is 2.43. The van der Waals surface area contributed by atoms with Crippen molar-refractivity contribution in [2.24, 2.45) is 0 Å². The highest BCUT2D eigenvalue weighted by atomic mass is 32.1. The largest absolute Gasteiger partial charge is 0.479 e. The van der Waals surface area contributed by atoms with Crippen LogP contribution in [0.5, 0.6) is 0 Å². The van der Waals surface area contributed by atoms with Crippen molar-refractivity contribution in [1.82, 2.24) is 4.90 Å². The van der Waals surface area contributed by atoms with E-state index in [1.54, 1.807) is 0 Å². The van der Waals surface area contributed by atoms with Crippen LogP contribution in [0.4, 0.5) is 0 Å². The summed E-state index contributed by atoms with van der Waals surface area (Å²) < 4.78 is 0. The lowest BCUT2D eigenvalue weighted by Crippen LogP contribution is -2.54. The van der Waals surface area contributed by atoms with Crippen molar-refractivity contribution in [3.63, 3.8) is 0 Å². The molecule has 1 rings (SSSR count). The number of aliphatic carboxylic acids is 1. The van der Waals surface area contributed by atoms with Crippen LogP contribution >= 0.6 is 12.6 Å². The summed E-state index contributed by atoms with van der Waals surface area (Å²) >= 11 is 4.09. The molecule has 1 saturated heterocycles. The van der Waals surface area contributed by atoms with Crippen molar-refractivity contribution < 1.29 is 14.7 Å². The van der Waals surface area contributed by atoms with Crippen molar-refractivity contribution >= 4 is 24.5 Å². The van der Waals surface area contributed by atoms with Crippen LogP contribution in [0.2, 0.25) is 0 Å². The van der Waals surface area contributed by atoms with Crippen molar-refractivity contribution in [2.45, 2.75) is 38.1 Å². The fourth-order valence-corrected chi connectivity index (χ4v) is 2.51. The van der Waals surface area contributed by atoms with Crippen molar-refractivity contribution in [3.05, 3.63) is 0 Å². The monoisotopic (exact) mass is 231 g/mol. The van der Waals surface area contributed by atoms with E-state index in [1.165, 1.54) is 4.90 Å². The molecule has 1 amide bonds. The summed E-state index contributed by atoms with van der Waals surface area (Å²) in [5.74, 6) is -0.802. The molecule has 0 saturated carbocycles. The molecule has 4 nitrogen and oxygen atoms in total. The lowest BCUT2D eigenvalue weighted by molar-refractivity contribution is -0.154. The van der Waals surface area contributed by atoms with E-state index in [2.05, 4.69) is 12.6 Å². The first-order valence-electron chi connectivity index (χ1n) is 5.23. The summed E-state index contributed by atoms with van der Waals surface area (Å²) in [6, 6.07) is 0. The summed E-state index contributed by atoms with van der Waals surface area (Å²) in [7, 11) is 0. The van der Waals surface area contributed by atoms with Gasteiger partial charge in [-0.3, -0.25) is 4.79 Å². The van der Waals surface area contributed by atoms with E-state index in [4.69, 9.17) is 0 Å². The highest BCUT2D eigenvalue weighted by molar-refractivity contribution is 7.80. The standard InChI is InChI=1S/C10H17NO3S/c1-2-4-8(12)11-6-3-5-10(11,7-15)9(13)14/h15H,2-7H2,1H3,(H,13,14)/t10-/m1/s1. The van der Waals surface area contributed by atoms with Gasteiger partial charge in [0.25, 0.3) is 0 Å². The van der Waals surface area contributed by atoms with Gasteiger partial charge in [0, 0.05) is 18.7 Å². The van der Waals surface area contributed by atoms with Crippen LogP contribution in [0, 0.1) is 0 Å². The molecule has 0 bridgehead atoms. The minimum atomic E-state index is -1.06. The number of carbonyl (C=O) groups excluding carboxylic acids is 1. The zero-order chi connectivity index (χ0) is 11.5. The number of carboxylic acid groups (broad SMARTS) is 1. The third-order valence-electron chi connectivity index (χ3n) is 2.91. The predicted molar refractivity (Wildman–Crippen MR) is 60.1 cm³/mol. The highest BCUT2D eigenvalue weighted by Gasteiger charge is 2.48. The van der Waals surface area contributed by atoms with E-state index >= 15 is 0 Å². The number of hydrogen-bond donors (Lipinski definition) is 2. The van der Waals surface area contributed by atoms with E-state index in [0.717, 1.165) is 12.8 Å². The normalized spacial score (nSPS) is 25.6. The molecular formula is C10H17NO3S. The number of nitrogens with zero attached hydrogens (tertiary/aromatic N) is 1. The molecule has 1 N–H and O–H groups in total. The molecule has 1 aliphatic heterocycles. The van der Waals surface area contributed by atoms with Gasteiger partial charge in [-0.2, -0.15) is 12.6 Å². The van der Waals surface area contributed by atoms with Crippen LogP contribution in [0.3, 0.4) is 0 Å². The fourth-order valence-electron chi connectivity index (χ4n) is 2.05. The van der Waals surface area contributed by atoms with E-state index in [9.17, 15) is 14.7 Å². The molecule has 0 aromatic heterocycles. The Balaban J connectivity index is 2.87. The van der Waals surface area contributed by atoms with Crippen LogP contribution in [-0.4, -0.2) is 39.7 Å². The van der Waals surface area contributed by atoms with Crippen molar-refractivity contribution in [2.75, 3.05) is 12.3 Å². The molecule has 0 unspecified atom stereocenters. The molecule has 1 atom stereocenters. The number of thiol groups is 1. The molecule has 1 heterocycles. The first-order chi connectivity index (χ1) is 7.08. The Kier molecular flexibility index (Phi) is 4.02. The Labute approximate surface area is 95.1 Å². The average molecular weight is 231 g/mol. The van der Waals surface area contributed by atoms with Gasteiger partial charge in [-0.25, -0.2) is 4.79 Å². The molecule has 1 aliphatic rings. The summed E-state index contributed by atoms with van der Waals surface area (Å²) in [6.45, 7) is 2.46. The lowest BCUT2D eigenvalue weighted by atomic mass is 9.98. The topological polar surface area (TPSA) is 57.6 Å². The van der Waals surface area contributed by atoms with Gasteiger partial charge in [0.1, 0.15) is 5.54 Å². The second-order valence-electron chi connectivity index (χ2n) is 3.89. The first-order valence-corrected chi connectivity index (χ1v) is 5.86. The van der Waals surface area contributed by atoms with Crippen LogP contribution in [-0.2, 0) is 9.59 Å². The third kappa shape index (κ3) is 2.12. The molecule has 0 aromatic rings. The first kappa shape index (κ1) is 12.4. The second-order valence-corrected chi connectivity index (χ2v) is 4.21. The molecule has 0 spiro atoms. The molecule has 1 fully saturated rings. The Hall–Kier alpha value is -0.710.